The van der Waals surface area contributed by atoms with Gasteiger partial charge >= 0.3 is 0 Å². The second-order valence-corrected chi connectivity index (χ2v) is 4.95. The van der Waals surface area contributed by atoms with Crippen molar-refractivity contribution in [1.29, 1.82) is 0 Å². The van der Waals surface area contributed by atoms with E-state index in [0.29, 0.717) is 6.04 Å². The third kappa shape index (κ3) is 2.19. The Labute approximate surface area is 92.6 Å². The van der Waals surface area contributed by atoms with Gasteiger partial charge in [0.15, 0.2) is 0 Å². The van der Waals surface area contributed by atoms with E-state index in [-0.39, 0.29) is 0 Å². The largest absolute Gasteiger partial charge is 0.323 e. The molecule has 0 spiro atoms. The van der Waals surface area contributed by atoms with Crippen molar-refractivity contribution in [3.63, 3.8) is 0 Å². The first kappa shape index (κ1) is 10.6. The highest BCUT2D eigenvalue weighted by molar-refractivity contribution is 5.16. The molecule has 1 N–H and O–H groups in total. The van der Waals surface area contributed by atoms with Gasteiger partial charge in [-0.2, -0.15) is 0 Å². The minimum atomic E-state index is 0.656. The zero-order valence-electron chi connectivity index (χ0n) is 10.1. The molecule has 2 rings (SSSR count). The van der Waals surface area contributed by atoms with Gasteiger partial charge in [-0.25, -0.2) is 0 Å². The van der Waals surface area contributed by atoms with Crippen LogP contribution in [0.5, 0.6) is 0 Å². The summed E-state index contributed by atoms with van der Waals surface area (Å²) in [5.41, 5.74) is 6.28. The molecule has 0 amide bonds. The van der Waals surface area contributed by atoms with Crippen molar-refractivity contribution in [2.75, 3.05) is 5.43 Å². The summed E-state index contributed by atoms with van der Waals surface area (Å²) in [6.07, 6.45) is 5.47. The van der Waals surface area contributed by atoms with Gasteiger partial charge in [0, 0.05) is 17.4 Å². The zero-order valence-corrected chi connectivity index (χ0v) is 10.1. The number of hydrogen-bond acceptors (Lipinski definition) is 1. The van der Waals surface area contributed by atoms with Crippen LogP contribution >= 0.6 is 0 Å². The van der Waals surface area contributed by atoms with Crippen LogP contribution in [0.2, 0.25) is 0 Å². The van der Waals surface area contributed by atoms with E-state index < -0.39 is 0 Å². The molecule has 1 aromatic heterocycles. The van der Waals surface area contributed by atoms with Gasteiger partial charge in [0.2, 0.25) is 0 Å². The molecule has 1 aliphatic carbocycles. The third-order valence-electron chi connectivity index (χ3n) is 3.68. The van der Waals surface area contributed by atoms with Crippen molar-refractivity contribution in [1.82, 2.24) is 4.68 Å². The second kappa shape index (κ2) is 4.30. The molecule has 1 heterocycles. The van der Waals surface area contributed by atoms with E-state index in [1.807, 2.05) is 0 Å². The molecule has 2 heteroatoms. The lowest BCUT2D eigenvalue weighted by Crippen LogP contribution is -2.36. The van der Waals surface area contributed by atoms with E-state index in [4.69, 9.17) is 0 Å². The fourth-order valence-electron chi connectivity index (χ4n) is 2.55. The first-order valence-electron chi connectivity index (χ1n) is 6.10. The van der Waals surface area contributed by atoms with Crippen LogP contribution in [0.4, 0.5) is 0 Å². The molecule has 0 radical (unpaired) electrons. The van der Waals surface area contributed by atoms with Crippen LogP contribution in [0.3, 0.4) is 0 Å². The Balaban J connectivity index is 2.07. The molecule has 1 aliphatic rings. The minimum Gasteiger partial charge on any atom is -0.323 e. The molecule has 0 saturated heterocycles. The highest BCUT2D eigenvalue weighted by atomic mass is 15.4. The van der Waals surface area contributed by atoms with Gasteiger partial charge in [-0.3, -0.25) is 4.68 Å². The standard InChI is InChI=1S/C13H22N2/c1-10-6-4-5-7-13(10)14-15-11(2)8-9-12(15)3/h8-10,13-14H,4-7H2,1-3H3. The fraction of sp³-hybridized carbons (Fsp3) is 0.692. The summed E-state index contributed by atoms with van der Waals surface area (Å²) in [5.74, 6) is 0.806. The summed E-state index contributed by atoms with van der Waals surface area (Å²) in [4.78, 5) is 0. The average molecular weight is 206 g/mol. The minimum absolute atomic E-state index is 0.656. The van der Waals surface area contributed by atoms with Crippen LogP contribution in [0.25, 0.3) is 0 Å². The summed E-state index contributed by atoms with van der Waals surface area (Å²) in [6, 6.07) is 5.01. The maximum Gasteiger partial charge on any atom is 0.0450 e. The summed E-state index contributed by atoms with van der Waals surface area (Å²) in [7, 11) is 0. The molecule has 84 valence electrons. The van der Waals surface area contributed by atoms with Gasteiger partial charge in [-0.1, -0.05) is 19.8 Å². The zero-order chi connectivity index (χ0) is 10.8. The molecule has 1 saturated carbocycles. The van der Waals surface area contributed by atoms with E-state index in [2.05, 4.69) is 43.0 Å². The SMILES string of the molecule is Cc1ccc(C)n1NC1CCCCC1C. The van der Waals surface area contributed by atoms with Crippen molar-refractivity contribution < 1.29 is 0 Å². The van der Waals surface area contributed by atoms with Crippen molar-refractivity contribution >= 4 is 0 Å². The second-order valence-electron chi connectivity index (χ2n) is 4.95. The Morgan fingerprint density at radius 1 is 1.13 bits per heavy atom. The monoisotopic (exact) mass is 206 g/mol. The van der Waals surface area contributed by atoms with Crippen LogP contribution in [0, 0.1) is 19.8 Å². The first-order valence-corrected chi connectivity index (χ1v) is 6.10. The Morgan fingerprint density at radius 3 is 2.33 bits per heavy atom. The van der Waals surface area contributed by atoms with Crippen molar-refractivity contribution in [3.05, 3.63) is 23.5 Å². The average Bonchev–Trinajstić information content (AvgIpc) is 2.53. The predicted octanol–water partition coefficient (Wildman–Crippen LogP) is 3.23. The summed E-state index contributed by atoms with van der Waals surface area (Å²) in [5, 5.41) is 0. The smallest absolute Gasteiger partial charge is 0.0450 e. The highest BCUT2D eigenvalue weighted by Crippen LogP contribution is 2.24. The van der Waals surface area contributed by atoms with E-state index in [1.165, 1.54) is 37.1 Å². The van der Waals surface area contributed by atoms with Crippen molar-refractivity contribution in [2.45, 2.75) is 52.5 Å². The number of hydrogen-bond donors (Lipinski definition) is 1. The molecule has 1 aromatic rings. The molecule has 0 aromatic carbocycles. The van der Waals surface area contributed by atoms with Gasteiger partial charge < -0.3 is 5.43 Å². The number of rotatable bonds is 2. The third-order valence-corrected chi connectivity index (χ3v) is 3.68. The van der Waals surface area contributed by atoms with Crippen LogP contribution in [-0.4, -0.2) is 10.7 Å². The quantitative estimate of drug-likeness (QED) is 0.786. The lowest BCUT2D eigenvalue weighted by molar-refractivity contribution is 0.331. The Morgan fingerprint density at radius 2 is 1.73 bits per heavy atom. The van der Waals surface area contributed by atoms with Gasteiger partial charge in [0.05, 0.1) is 0 Å². The normalized spacial score (nSPS) is 26.6. The number of nitrogens with zero attached hydrogens (tertiary/aromatic N) is 1. The van der Waals surface area contributed by atoms with Crippen LogP contribution in [0.15, 0.2) is 12.1 Å². The van der Waals surface area contributed by atoms with Gasteiger partial charge in [0.1, 0.15) is 0 Å². The molecular weight excluding hydrogens is 184 g/mol. The summed E-state index contributed by atoms with van der Waals surface area (Å²) >= 11 is 0. The van der Waals surface area contributed by atoms with Crippen molar-refractivity contribution in [2.24, 2.45) is 5.92 Å². The molecule has 0 aliphatic heterocycles. The Bertz CT molecular complexity index is 308. The van der Waals surface area contributed by atoms with Crippen LogP contribution in [0.1, 0.15) is 44.0 Å². The van der Waals surface area contributed by atoms with E-state index in [0.717, 1.165) is 5.92 Å². The van der Waals surface area contributed by atoms with E-state index in [9.17, 15) is 0 Å². The van der Waals surface area contributed by atoms with E-state index >= 15 is 0 Å². The van der Waals surface area contributed by atoms with Crippen LogP contribution in [-0.2, 0) is 0 Å². The fourth-order valence-corrected chi connectivity index (χ4v) is 2.55. The van der Waals surface area contributed by atoms with Crippen molar-refractivity contribution in [3.8, 4) is 0 Å². The topological polar surface area (TPSA) is 17.0 Å². The van der Waals surface area contributed by atoms with E-state index in [1.54, 1.807) is 0 Å². The lowest BCUT2D eigenvalue weighted by atomic mass is 9.86. The van der Waals surface area contributed by atoms with Gasteiger partial charge in [-0.15, -0.1) is 0 Å². The Kier molecular flexibility index (Phi) is 3.03. The molecule has 2 unspecified atom stereocenters. The van der Waals surface area contributed by atoms with Gasteiger partial charge in [0.25, 0.3) is 0 Å². The lowest BCUT2D eigenvalue weighted by Gasteiger charge is -2.31. The summed E-state index contributed by atoms with van der Waals surface area (Å²) < 4.78 is 2.24. The van der Waals surface area contributed by atoms with Crippen LogP contribution < -0.4 is 5.43 Å². The molecule has 15 heavy (non-hydrogen) atoms. The summed E-state index contributed by atoms with van der Waals surface area (Å²) in [6.45, 7) is 6.69. The molecule has 1 fully saturated rings. The Hall–Kier alpha value is -0.920. The molecule has 2 atom stereocenters. The maximum atomic E-state index is 3.66. The number of aryl methyl sites for hydroxylation is 2. The first-order chi connectivity index (χ1) is 7.18. The predicted molar refractivity (Wildman–Crippen MR) is 64.7 cm³/mol. The molecule has 2 nitrogen and oxygen atoms in total. The molecule has 0 bridgehead atoms. The van der Waals surface area contributed by atoms with Gasteiger partial charge in [-0.05, 0) is 44.7 Å². The molecular formula is C13H22N2. The maximum absolute atomic E-state index is 3.66. The number of aromatic nitrogens is 1. The number of nitrogens with one attached hydrogen (secondary N) is 1. The highest BCUT2D eigenvalue weighted by Gasteiger charge is 2.21.